The van der Waals surface area contributed by atoms with E-state index in [4.69, 9.17) is 5.73 Å². The standard InChI is InChI=1S/C40H54N8O9S/c1-23(2)18-31(44-24(3)49)39(56)46-30(16-17-58-4)38(55)45-29(14-15-34(41)50)37(54)48-33(20-26-21-42-28-13-9-8-12-27(26)28)40(57)47-32(36(53)43-22-35(51)52)19-25-10-6-5-7-11-25/h5-13,21,23,29-33,42H,14-20,22H2,1-4H3,(H2,41,50)(H,43,53)(H,44,49)(H,45,55)(H,46,56)(H,47,57)(H,48,54)(H,51,52)/t29-,30-,31-,32-,33-/m0/s1. The van der Waals surface area contributed by atoms with Crippen molar-refractivity contribution in [3.63, 3.8) is 0 Å². The Morgan fingerprint density at radius 3 is 1.84 bits per heavy atom. The van der Waals surface area contributed by atoms with Gasteiger partial charge in [-0.1, -0.05) is 62.4 Å². The number of hydrogen-bond donors (Lipinski definition) is 9. The molecule has 0 fully saturated rings. The molecule has 17 nitrogen and oxygen atoms in total. The van der Waals surface area contributed by atoms with Crippen LogP contribution in [0.5, 0.6) is 0 Å². The fourth-order valence-corrected chi connectivity index (χ4v) is 6.64. The molecule has 314 valence electrons. The lowest BCUT2D eigenvalue weighted by molar-refractivity contribution is -0.138. The summed E-state index contributed by atoms with van der Waals surface area (Å²) in [6, 6.07) is 9.95. The Labute approximate surface area is 341 Å². The molecule has 10 N–H and O–H groups in total. The number of aromatic amines is 1. The van der Waals surface area contributed by atoms with E-state index in [-0.39, 0.29) is 38.0 Å². The van der Waals surface area contributed by atoms with Crippen molar-refractivity contribution >= 4 is 70.0 Å². The number of aromatic nitrogens is 1. The van der Waals surface area contributed by atoms with Crippen LogP contribution >= 0.6 is 11.8 Å². The van der Waals surface area contributed by atoms with Gasteiger partial charge in [0.1, 0.15) is 36.8 Å². The fourth-order valence-electron chi connectivity index (χ4n) is 6.17. The van der Waals surface area contributed by atoms with E-state index in [1.807, 2.05) is 38.3 Å². The molecule has 3 rings (SSSR count). The van der Waals surface area contributed by atoms with E-state index in [9.17, 15) is 43.5 Å². The highest BCUT2D eigenvalue weighted by Crippen LogP contribution is 2.20. The molecule has 1 heterocycles. The first-order valence-corrected chi connectivity index (χ1v) is 20.3. The fraction of sp³-hybridized carbons (Fsp3) is 0.450. The first-order chi connectivity index (χ1) is 27.6. The molecule has 0 spiro atoms. The molecule has 0 bridgehead atoms. The summed E-state index contributed by atoms with van der Waals surface area (Å²) in [5, 5.41) is 25.6. The highest BCUT2D eigenvalue weighted by molar-refractivity contribution is 7.98. The van der Waals surface area contributed by atoms with Gasteiger partial charge < -0.3 is 47.7 Å². The number of carbonyl (C=O) groups is 8. The maximum absolute atomic E-state index is 14.2. The molecule has 0 aliphatic carbocycles. The number of thioether (sulfide) groups is 1. The topological polar surface area (TPSA) is 271 Å². The van der Waals surface area contributed by atoms with Gasteiger partial charge in [0.15, 0.2) is 0 Å². The zero-order chi connectivity index (χ0) is 42.8. The van der Waals surface area contributed by atoms with Gasteiger partial charge in [-0.15, -0.1) is 0 Å². The number of carbonyl (C=O) groups excluding carboxylic acids is 7. The molecule has 5 atom stereocenters. The number of carboxylic acids is 1. The van der Waals surface area contributed by atoms with E-state index >= 15 is 0 Å². The van der Waals surface area contributed by atoms with Crippen molar-refractivity contribution in [2.45, 2.75) is 89.5 Å². The second-order valence-electron chi connectivity index (χ2n) is 14.3. The number of aliphatic carboxylic acids is 1. The van der Waals surface area contributed by atoms with Crippen molar-refractivity contribution in [3.8, 4) is 0 Å². The highest BCUT2D eigenvalue weighted by Gasteiger charge is 2.33. The molecule has 3 aromatic rings. The van der Waals surface area contributed by atoms with Crippen LogP contribution in [0.4, 0.5) is 0 Å². The number of rotatable bonds is 24. The summed E-state index contributed by atoms with van der Waals surface area (Å²) in [6.45, 7) is 4.35. The Kier molecular flexibility index (Phi) is 18.7. The molecule has 1 aromatic heterocycles. The van der Waals surface area contributed by atoms with Gasteiger partial charge in [-0.25, -0.2) is 0 Å². The Bertz CT molecular complexity index is 1900. The third-order valence-electron chi connectivity index (χ3n) is 9.02. The van der Waals surface area contributed by atoms with E-state index in [0.29, 0.717) is 23.3 Å². The predicted molar refractivity (Wildman–Crippen MR) is 219 cm³/mol. The van der Waals surface area contributed by atoms with Gasteiger partial charge >= 0.3 is 5.97 Å². The van der Waals surface area contributed by atoms with E-state index in [2.05, 4.69) is 36.9 Å². The van der Waals surface area contributed by atoms with Crippen molar-refractivity contribution in [1.29, 1.82) is 0 Å². The minimum absolute atomic E-state index is 0.00774. The van der Waals surface area contributed by atoms with Gasteiger partial charge in [-0.3, -0.25) is 38.4 Å². The monoisotopic (exact) mass is 822 g/mol. The molecule has 0 saturated heterocycles. The van der Waals surface area contributed by atoms with Crippen LogP contribution in [0.1, 0.15) is 57.6 Å². The maximum atomic E-state index is 14.2. The molecule has 0 saturated carbocycles. The number of carboxylic acid groups (broad SMARTS) is 1. The molecule has 0 unspecified atom stereocenters. The number of hydrogen-bond acceptors (Lipinski definition) is 9. The lowest BCUT2D eigenvalue weighted by Gasteiger charge is -2.27. The zero-order valence-electron chi connectivity index (χ0n) is 33.1. The molecular formula is C40H54N8O9S. The summed E-state index contributed by atoms with van der Waals surface area (Å²) in [5.41, 5.74) is 7.50. The van der Waals surface area contributed by atoms with Crippen molar-refractivity contribution in [2.24, 2.45) is 11.7 Å². The average molecular weight is 823 g/mol. The SMILES string of the molecule is CSCC[C@H](NC(=O)[C@H](CC(C)C)NC(C)=O)C(=O)N[C@@H](CCC(N)=O)C(=O)N[C@@H](Cc1c[nH]c2ccccc12)C(=O)N[C@@H](Cc1ccccc1)C(=O)NCC(=O)O. The Balaban J connectivity index is 1.95. The highest BCUT2D eigenvalue weighted by atomic mass is 32.2. The number of H-pyrrole nitrogens is 1. The summed E-state index contributed by atoms with van der Waals surface area (Å²) < 4.78 is 0. The normalized spacial score (nSPS) is 13.6. The summed E-state index contributed by atoms with van der Waals surface area (Å²) in [6.07, 6.45) is 3.30. The molecule has 58 heavy (non-hydrogen) atoms. The molecule has 18 heteroatoms. The first kappa shape index (κ1) is 46.5. The van der Waals surface area contributed by atoms with Crippen LogP contribution < -0.4 is 37.6 Å². The molecular weight excluding hydrogens is 769 g/mol. The van der Waals surface area contributed by atoms with Gasteiger partial charge in [0.05, 0.1) is 0 Å². The smallest absolute Gasteiger partial charge is 0.322 e. The Hall–Kier alpha value is -5.91. The number of nitrogens with two attached hydrogens (primary N) is 1. The summed E-state index contributed by atoms with van der Waals surface area (Å²) in [4.78, 5) is 107. The van der Waals surface area contributed by atoms with Gasteiger partial charge in [-0.2, -0.15) is 11.8 Å². The van der Waals surface area contributed by atoms with Gasteiger partial charge in [0, 0.05) is 43.3 Å². The van der Waals surface area contributed by atoms with Crippen molar-refractivity contribution < 1.29 is 43.5 Å². The van der Waals surface area contributed by atoms with Gasteiger partial charge in [0.2, 0.25) is 41.4 Å². The first-order valence-electron chi connectivity index (χ1n) is 18.9. The van der Waals surface area contributed by atoms with E-state index < -0.39 is 84.1 Å². The van der Waals surface area contributed by atoms with Crippen LogP contribution in [0.2, 0.25) is 0 Å². The summed E-state index contributed by atoms with van der Waals surface area (Å²) in [7, 11) is 0. The quantitative estimate of drug-likeness (QED) is 0.0609. The van der Waals surface area contributed by atoms with E-state index in [1.165, 1.54) is 18.7 Å². The number of amides is 7. The minimum atomic E-state index is -1.41. The second-order valence-corrected chi connectivity index (χ2v) is 15.3. The Morgan fingerprint density at radius 2 is 1.26 bits per heavy atom. The van der Waals surface area contributed by atoms with Gasteiger partial charge in [0.25, 0.3) is 0 Å². The van der Waals surface area contributed by atoms with Crippen molar-refractivity contribution in [3.05, 3.63) is 71.9 Å². The molecule has 7 amide bonds. The lowest BCUT2D eigenvalue weighted by atomic mass is 10.0. The summed E-state index contributed by atoms with van der Waals surface area (Å²) >= 11 is 1.42. The molecule has 2 aromatic carbocycles. The second kappa shape index (κ2) is 23.4. The number of nitrogens with one attached hydrogen (secondary N) is 7. The van der Waals surface area contributed by atoms with Crippen molar-refractivity contribution in [1.82, 2.24) is 36.9 Å². The van der Waals surface area contributed by atoms with Crippen LogP contribution in [-0.2, 0) is 51.2 Å². The van der Waals surface area contributed by atoms with Crippen LogP contribution in [0.15, 0.2) is 60.8 Å². The van der Waals surface area contributed by atoms with E-state index in [1.54, 1.807) is 42.6 Å². The van der Waals surface area contributed by atoms with Crippen molar-refractivity contribution in [2.75, 3.05) is 18.6 Å². The lowest BCUT2D eigenvalue weighted by Crippen LogP contribution is -2.60. The van der Waals surface area contributed by atoms with Crippen LogP contribution in [0.3, 0.4) is 0 Å². The van der Waals surface area contributed by atoms with Crippen LogP contribution in [0.25, 0.3) is 10.9 Å². The zero-order valence-corrected chi connectivity index (χ0v) is 33.9. The maximum Gasteiger partial charge on any atom is 0.322 e. The Morgan fingerprint density at radius 1 is 0.707 bits per heavy atom. The summed E-state index contributed by atoms with van der Waals surface area (Å²) in [5.74, 6) is -5.72. The van der Waals surface area contributed by atoms with Gasteiger partial charge in [-0.05, 0) is 54.4 Å². The predicted octanol–water partition coefficient (Wildman–Crippen LogP) is 0.663. The molecule has 0 aliphatic rings. The number of fused-ring (bicyclic) bond motifs is 1. The number of primary amides is 1. The number of benzene rings is 2. The third-order valence-corrected chi connectivity index (χ3v) is 9.66. The molecule has 0 aliphatic heterocycles. The number of para-hydroxylation sites is 1. The van der Waals surface area contributed by atoms with Crippen LogP contribution in [-0.4, -0.2) is 106 Å². The third kappa shape index (κ3) is 15.6. The average Bonchev–Trinajstić information content (AvgIpc) is 3.58. The van der Waals surface area contributed by atoms with E-state index in [0.717, 1.165) is 10.9 Å². The minimum Gasteiger partial charge on any atom is -0.480 e. The van der Waals surface area contributed by atoms with Crippen LogP contribution in [0, 0.1) is 5.92 Å². The largest absolute Gasteiger partial charge is 0.480 e. The molecule has 0 radical (unpaired) electrons.